The van der Waals surface area contributed by atoms with Crippen LogP contribution in [0.4, 0.5) is 9.59 Å². The largest absolute Gasteiger partial charge is 1.00 e. The Morgan fingerprint density at radius 3 is 1.45 bits per heavy atom. The van der Waals surface area contributed by atoms with Crippen molar-refractivity contribution in [3.05, 3.63) is 71.8 Å². The Bertz CT molecular complexity index is 1110. The van der Waals surface area contributed by atoms with E-state index in [-0.39, 0.29) is 62.6 Å². The van der Waals surface area contributed by atoms with Crippen LogP contribution in [0.1, 0.15) is 60.0 Å². The number of amides is 2. The molecule has 1 unspecified atom stereocenters. The number of carbonyl (C=O) groups excluding carboxylic acids is 4. The molecule has 0 aliphatic carbocycles. The summed E-state index contributed by atoms with van der Waals surface area (Å²) in [5.74, 6) is -1.17. The number of esters is 2. The van der Waals surface area contributed by atoms with E-state index in [0.717, 1.165) is 11.1 Å². The molecule has 0 heterocycles. The van der Waals surface area contributed by atoms with Crippen molar-refractivity contribution in [3.63, 3.8) is 0 Å². The van der Waals surface area contributed by atoms with Gasteiger partial charge in [0.2, 0.25) is 0 Å². The van der Waals surface area contributed by atoms with Crippen LogP contribution < -0.4 is 40.2 Å². The molecule has 10 nitrogen and oxygen atoms in total. The monoisotopic (exact) mass is 594 g/mol. The Labute approximate surface area is 272 Å². The van der Waals surface area contributed by atoms with E-state index in [1.807, 2.05) is 88.4 Å². The molecule has 0 aliphatic rings. The topological polar surface area (TPSA) is 129 Å². The van der Waals surface area contributed by atoms with Crippen molar-refractivity contribution in [1.82, 2.24) is 10.6 Å². The molecular weight excluding hydrogens is 551 g/mol. The van der Waals surface area contributed by atoms with Crippen LogP contribution in [0.25, 0.3) is 0 Å². The van der Waals surface area contributed by atoms with Gasteiger partial charge >= 0.3 is 53.7 Å². The van der Waals surface area contributed by atoms with Crippen LogP contribution in [-0.4, -0.2) is 48.9 Å². The molecule has 0 radical (unpaired) electrons. The van der Waals surface area contributed by atoms with Gasteiger partial charge in [-0.15, -0.1) is 0 Å². The third kappa shape index (κ3) is 15.2. The molecule has 0 saturated heterocycles. The summed E-state index contributed by atoms with van der Waals surface area (Å²) in [5.41, 5.74) is 1.63. The van der Waals surface area contributed by atoms with Crippen molar-refractivity contribution in [2.45, 2.75) is 78.9 Å². The van der Waals surface area contributed by atoms with Gasteiger partial charge in [0, 0.05) is 0 Å². The predicted octanol–water partition coefficient (Wildman–Crippen LogP) is 2.26. The standard InChI is InChI=1S/C31H42N2O8.Na.H/c1-21(2)16-26(32-30(36)39-19-24-12-8-6-9-13-24)28(34)38-18-23(5)41-29(35)27(17-22(3)4)33-31(37)40-20-25-14-10-7-11-15-25;;/h6-15,21-23,26-27H,16-20H2,1-5H3,(H,32,36)(H,33,37);;/q;+1;-1/t23?,26-,27-;;/m0../s1. The van der Waals surface area contributed by atoms with Crippen molar-refractivity contribution in [2.24, 2.45) is 11.8 Å². The van der Waals surface area contributed by atoms with Gasteiger partial charge in [-0.2, -0.15) is 0 Å². The van der Waals surface area contributed by atoms with Crippen molar-refractivity contribution in [3.8, 4) is 0 Å². The zero-order valence-corrected chi connectivity index (χ0v) is 27.5. The number of alkyl carbamates (subject to hydrolysis) is 2. The number of ether oxygens (including phenoxy) is 4. The van der Waals surface area contributed by atoms with Gasteiger partial charge in [0.05, 0.1) is 0 Å². The van der Waals surface area contributed by atoms with Gasteiger partial charge in [0.1, 0.15) is 38.0 Å². The molecule has 0 aromatic heterocycles. The Balaban J connectivity index is 0.00000882. The van der Waals surface area contributed by atoms with Gasteiger partial charge in [0.25, 0.3) is 0 Å². The van der Waals surface area contributed by atoms with E-state index in [1.165, 1.54) is 0 Å². The smallest absolute Gasteiger partial charge is 1.00 e. The third-order valence-corrected chi connectivity index (χ3v) is 5.77. The van der Waals surface area contributed by atoms with E-state index >= 15 is 0 Å². The van der Waals surface area contributed by atoms with Crippen LogP contribution in [0.2, 0.25) is 0 Å². The first kappa shape index (κ1) is 36.9. The first-order valence-corrected chi connectivity index (χ1v) is 13.8. The summed E-state index contributed by atoms with van der Waals surface area (Å²) < 4.78 is 21.3. The van der Waals surface area contributed by atoms with Crippen LogP contribution in [0.3, 0.4) is 0 Å². The average molecular weight is 595 g/mol. The molecular formula is C31H43N2NaO8. The normalized spacial score (nSPS) is 12.7. The predicted molar refractivity (Wildman–Crippen MR) is 154 cm³/mol. The van der Waals surface area contributed by atoms with Gasteiger partial charge in [-0.3, -0.25) is 0 Å². The summed E-state index contributed by atoms with van der Waals surface area (Å²) in [6.45, 7) is 9.12. The molecule has 2 N–H and O–H groups in total. The minimum absolute atomic E-state index is 0. The van der Waals surface area contributed by atoms with Gasteiger partial charge < -0.3 is 31.0 Å². The Kier molecular flexibility index (Phi) is 17.5. The second kappa shape index (κ2) is 19.9. The van der Waals surface area contributed by atoms with Crippen LogP contribution in [0.5, 0.6) is 0 Å². The Hall–Kier alpha value is -3.08. The van der Waals surface area contributed by atoms with Crippen LogP contribution in [0, 0.1) is 11.8 Å². The van der Waals surface area contributed by atoms with Crippen LogP contribution in [0.15, 0.2) is 60.7 Å². The molecule has 2 amide bonds. The van der Waals surface area contributed by atoms with E-state index in [1.54, 1.807) is 6.92 Å². The van der Waals surface area contributed by atoms with Gasteiger partial charge in [0.15, 0.2) is 0 Å². The van der Waals surface area contributed by atoms with E-state index in [0.29, 0.717) is 12.8 Å². The average Bonchev–Trinajstić information content (AvgIpc) is 2.93. The third-order valence-electron chi connectivity index (χ3n) is 5.77. The minimum Gasteiger partial charge on any atom is -1.00 e. The number of benzene rings is 2. The molecule has 0 spiro atoms. The Morgan fingerprint density at radius 2 is 1.05 bits per heavy atom. The summed E-state index contributed by atoms with van der Waals surface area (Å²) in [6.07, 6.45) is -1.61. The van der Waals surface area contributed by atoms with Crippen LogP contribution >= 0.6 is 0 Å². The summed E-state index contributed by atoms with van der Waals surface area (Å²) >= 11 is 0. The molecule has 42 heavy (non-hydrogen) atoms. The zero-order valence-electron chi connectivity index (χ0n) is 26.5. The van der Waals surface area contributed by atoms with Crippen molar-refractivity contribution >= 4 is 24.1 Å². The number of hydrogen-bond acceptors (Lipinski definition) is 8. The fraction of sp³-hybridized carbons (Fsp3) is 0.484. The second-order valence-corrected chi connectivity index (χ2v) is 10.7. The summed E-state index contributed by atoms with van der Waals surface area (Å²) in [4.78, 5) is 50.3. The van der Waals surface area contributed by atoms with E-state index in [4.69, 9.17) is 18.9 Å². The molecule has 0 bridgehead atoms. The quantitative estimate of drug-likeness (QED) is 0.183. The summed E-state index contributed by atoms with van der Waals surface area (Å²) in [5, 5.41) is 5.13. The van der Waals surface area contributed by atoms with Crippen molar-refractivity contribution < 1.29 is 69.1 Å². The maximum atomic E-state index is 12.9. The minimum atomic E-state index is -0.939. The molecule has 2 aromatic carbocycles. The fourth-order valence-corrected chi connectivity index (χ4v) is 3.80. The zero-order chi connectivity index (χ0) is 30.2. The number of carbonyl (C=O) groups is 4. The molecule has 0 fully saturated rings. The van der Waals surface area contributed by atoms with Gasteiger partial charge in [-0.1, -0.05) is 88.4 Å². The SMILES string of the molecule is CC(C)C[C@H](NC(=O)OCc1ccccc1)C(=O)OCC(C)OC(=O)[C@H](CC(C)C)NC(=O)OCc1ccccc1.[H-].[Na+]. The summed E-state index contributed by atoms with van der Waals surface area (Å²) in [6, 6.07) is 16.5. The molecule has 3 atom stereocenters. The van der Waals surface area contributed by atoms with Crippen molar-refractivity contribution in [2.75, 3.05) is 6.61 Å². The van der Waals surface area contributed by atoms with Gasteiger partial charge in [-0.25, -0.2) is 19.2 Å². The molecule has 0 aliphatic heterocycles. The van der Waals surface area contributed by atoms with Crippen molar-refractivity contribution in [1.29, 1.82) is 0 Å². The maximum Gasteiger partial charge on any atom is 1.00 e. The molecule has 0 saturated carbocycles. The Morgan fingerprint density at radius 1 is 0.643 bits per heavy atom. The number of rotatable bonds is 15. The number of nitrogens with one attached hydrogen (secondary N) is 2. The van der Waals surface area contributed by atoms with Crippen LogP contribution in [-0.2, 0) is 41.8 Å². The number of hydrogen-bond donors (Lipinski definition) is 2. The maximum absolute atomic E-state index is 12.9. The fourth-order valence-electron chi connectivity index (χ4n) is 3.80. The van der Waals surface area contributed by atoms with Gasteiger partial charge in [-0.05, 0) is 42.7 Å². The van der Waals surface area contributed by atoms with E-state index in [9.17, 15) is 19.2 Å². The van der Waals surface area contributed by atoms with E-state index < -0.39 is 42.3 Å². The summed E-state index contributed by atoms with van der Waals surface area (Å²) in [7, 11) is 0. The molecule has 2 rings (SSSR count). The van der Waals surface area contributed by atoms with E-state index in [2.05, 4.69) is 10.6 Å². The second-order valence-electron chi connectivity index (χ2n) is 10.7. The molecule has 2 aromatic rings. The molecule has 226 valence electrons. The first-order chi connectivity index (χ1) is 19.5. The molecule has 11 heteroatoms. The first-order valence-electron chi connectivity index (χ1n) is 13.8.